The molecule has 0 aliphatic rings. The average Bonchev–Trinajstić information content (AvgIpc) is 3.06. The Hall–Kier alpha value is -2.72. The van der Waals surface area contributed by atoms with Gasteiger partial charge in [-0.15, -0.1) is 0 Å². The Morgan fingerprint density at radius 1 is 1.21 bits per heavy atom. The summed E-state index contributed by atoms with van der Waals surface area (Å²) >= 11 is 1.23. The van der Waals surface area contributed by atoms with Crippen LogP contribution >= 0.6 is 11.3 Å². The summed E-state index contributed by atoms with van der Waals surface area (Å²) in [4.78, 5) is 19.8. The van der Waals surface area contributed by atoms with Crippen LogP contribution in [0.3, 0.4) is 0 Å². The molecule has 2 heterocycles. The third-order valence-corrected chi connectivity index (χ3v) is 4.68. The zero-order valence-electron chi connectivity index (χ0n) is 14.8. The lowest BCUT2D eigenvalue weighted by molar-refractivity contribution is -0.137. The normalized spacial score (nSPS) is 11.6. The minimum atomic E-state index is -4.45. The van der Waals surface area contributed by atoms with Crippen molar-refractivity contribution in [3.8, 4) is 11.1 Å². The van der Waals surface area contributed by atoms with Crippen molar-refractivity contribution >= 4 is 32.7 Å². The number of urea groups is 1. The number of thiazole rings is 1. The molecule has 2 N–H and O–H groups in total. The van der Waals surface area contributed by atoms with Crippen molar-refractivity contribution in [2.75, 3.05) is 25.1 Å². The number of pyridine rings is 1. The number of rotatable bonds is 6. The number of aromatic nitrogens is 2. The van der Waals surface area contributed by atoms with E-state index in [9.17, 15) is 18.0 Å². The van der Waals surface area contributed by atoms with Gasteiger partial charge in [0, 0.05) is 31.1 Å². The summed E-state index contributed by atoms with van der Waals surface area (Å²) in [5.74, 6) is 0. The molecule has 0 atom stereocenters. The smallest absolute Gasteiger partial charge is 0.380 e. The molecule has 0 radical (unpaired) electrons. The van der Waals surface area contributed by atoms with Crippen LogP contribution in [0.15, 0.2) is 36.7 Å². The van der Waals surface area contributed by atoms with Gasteiger partial charge in [0.2, 0.25) is 0 Å². The highest BCUT2D eigenvalue weighted by Crippen LogP contribution is 2.33. The van der Waals surface area contributed by atoms with Crippen molar-refractivity contribution in [3.63, 3.8) is 0 Å². The molecule has 3 rings (SSSR count). The van der Waals surface area contributed by atoms with Crippen LogP contribution in [0.4, 0.5) is 23.1 Å². The first-order valence-electron chi connectivity index (χ1n) is 8.42. The highest BCUT2D eigenvalue weighted by atomic mass is 32.1. The predicted octanol–water partition coefficient (Wildman–Crippen LogP) is 4.54. The minimum absolute atomic E-state index is 0.355. The molecule has 2 amide bonds. The number of ether oxygens (including phenoxy) is 1. The fraction of sp³-hybridized carbons (Fsp3) is 0.278. The molecule has 0 fully saturated rings. The van der Waals surface area contributed by atoms with Gasteiger partial charge in [0.1, 0.15) is 0 Å². The predicted molar refractivity (Wildman–Crippen MR) is 101 cm³/mol. The van der Waals surface area contributed by atoms with Gasteiger partial charge in [0.25, 0.3) is 0 Å². The fourth-order valence-corrected chi connectivity index (χ4v) is 3.33. The number of hydrogen-bond acceptors (Lipinski definition) is 5. The number of anilines is 1. The van der Waals surface area contributed by atoms with Crippen molar-refractivity contribution in [2.45, 2.75) is 13.1 Å². The van der Waals surface area contributed by atoms with Crippen LogP contribution in [-0.4, -0.2) is 35.8 Å². The van der Waals surface area contributed by atoms with Gasteiger partial charge < -0.3 is 10.1 Å². The van der Waals surface area contributed by atoms with Gasteiger partial charge in [0.15, 0.2) is 5.13 Å². The summed E-state index contributed by atoms with van der Waals surface area (Å²) in [5, 5.41) is 5.67. The molecule has 3 aromatic rings. The van der Waals surface area contributed by atoms with Gasteiger partial charge in [0.05, 0.1) is 22.4 Å². The summed E-state index contributed by atoms with van der Waals surface area (Å²) in [6.45, 7) is 3.23. The topological polar surface area (TPSA) is 76.1 Å². The van der Waals surface area contributed by atoms with Crippen molar-refractivity contribution in [1.82, 2.24) is 15.3 Å². The van der Waals surface area contributed by atoms with Crippen molar-refractivity contribution in [3.05, 3.63) is 42.2 Å². The molecule has 0 aliphatic heterocycles. The SMILES string of the molecule is CCOCCNC(=O)Nc1nc2ccc(-c3cncc(C(F)(F)F)c3)cc2s1. The van der Waals surface area contributed by atoms with Crippen LogP contribution in [0, 0.1) is 0 Å². The molecule has 0 saturated heterocycles. The van der Waals surface area contributed by atoms with Gasteiger partial charge in [-0.3, -0.25) is 10.3 Å². The molecule has 28 heavy (non-hydrogen) atoms. The van der Waals surface area contributed by atoms with Crippen LogP contribution in [0.1, 0.15) is 12.5 Å². The van der Waals surface area contributed by atoms with Crippen molar-refractivity contribution in [1.29, 1.82) is 0 Å². The number of hydrogen-bond donors (Lipinski definition) is 2. The fourth-order valence-electron chi connectivity index (χ4n) is 2.43. The molecular formula is C18H17F3N4O2S. The molecule has 0 bridgehead atoms. The van der Waals surface area contributed by atoms with E-state index in [0.717, 1.165) is 17.0 Å². The Morgan fingerprint density at radius 2 is 2.04 bits per heavy atom. The first-order valence-corrected chi connectivity index (χ1v) is 9.24. The number of carbonyl (C=O) groups excluding carboxylic acids is 1. The first kappa shape index (κ1) is 20.0. The number of alkyl halides is 3. The number of nitrogens with zero attached hydrogens (tertiary/aromatic N) is 2. The monoisotopic (exact) mass is 410 g/mol. The maximum Gasteiger partial charge on any atom is 0.417 e. The maximum absolute atomic E-state index is 12.9. The second-order valence-electron chi connectivity index (χ2n) is 5.74. The van der Waals surface area contributed by atoms with E-state index in [1.54, 1.807) is 18.2 Å². The number of halogens is 3. The van der Waals surface area contributed by atoms with Crippen LogP contribution < -0.4 is 10.6 Å². The molecular weight excluding hydrogens is 393 g/mol. The molecule has 0 unspecified atom stereocenters. The van der Waals surface area contributed by atoms with E-state index in [1.165, 1.54) is 17.5 Å². The van der Waals surface area contributed by atoms with Crippen LogP contribution in [0.2, 0.25) is 0 Å². The van der Waals surface area contributed by atoms with E-state index in [-0.39, 0.29) is 0 Å². The van der Waals surface area contributed by atoms with Crippen molar-refractivity contribution < 1.29 is 22.7 Å². The second kappa shape index (κ2) is 8.53. The molecule has 2 aromatic heterocycles. The van der Waals surface area contributed by atoms with E-state index in [0.29, 0.717) is 41.5 Å². The van der Waals surface area contributed by atoms with Crippen molar-refractivity contribution in [2.24, 2.45) is 0 Å². The Balaban J connectivity index is 1.75. The lowest BCUT2D eigenvalue weighted by Gasteiger charge is -2.08. The number of benzene rings is 1. The third-order valence-electron chi connectivity index (χ3n) is 3.74. The molecule has 10 heteroatoms. The molecule has 1 aromatic carbocycles. The summed E-state index contributed by atoms with van der Waals surface area (Å²) in [6, 6.07) is 5.74. The van der Waals surface area contributed by atoms with E-state index in [4.69, 9.17) is 4.74 Å². The van der Waals surface area contributed by atoms with E-state index < -0.39 is 17.8 Å². The van der Waals surface area contributed by atoms with Gasteiger partial charge >= 0.3 is 12.2 Å². The Bertz CT molecular complexity index is 975. The summed E-state index contributed by atoms with van der Waals surface area (Å²) in [6.07, 6.45) is -2.28. The lowest BCUT2D eigenvalue weighted by atomic mass is 10.1. The molecule has 0 saturated carbocycles. The molecule has 0 spiro atoms. The number of carbonyl (C=O) groups is 1. The summed E-state index contributed by atoms with van der Waals surface area (Å²) < 4.78 is 44.5. The zero-order valence-corrected chi connectivity index (χ0v) is 15.7. The largest absolute Gasteiger partial charge is 0.417 e. The van der Waals surface area contributed by atoms with E-state index >= 15 is 0 Å². The van der Waals surface area contributed by atoms with Gasteiger partial charge in [-0.05, 0) is 30.7 Å². The number of amides is 2. The van der Waals surface area contributed by atoms with Gasteiger partial charge in [-0.25, -0.2) is 9.78 Å². The third kappa shape index (κ3) is 4.96. The van der Waals surface area contributed by atoms with E-state index in [2.05, 4.69) is 20.6 Å². The summed E-state index contributed by atoms with van der Waals surface area (Å²) in [7, 11) is 0. The standard InChI is InChI=1S/C18H17F3N4O2S/c1-2-27-6-5-23-16(26)25-17-24-14-4-3-11(8-15(14)28-17)12-7-13(10-22-9-12)18(19,20)21/h3-4,7-10H,2,5-6H2,1H3,(H2,23,24,25,26). The quantitative estimate of drug-likeness (QED) is 0.585. The lowest BCUT2D eigenvalue weighted by Crippen LogP contribution is -2.31. The van der Waals surface area contributed by atoms with E-state index in [1.807, 2.05) is 6.92 Å². The number of nitrogens with one attached hydrogen (secondary N) is 2. The molecule has 148 valence electrons. The maximum atomic E-state index is 12.9. The minimum Gasteiger partial charge on any atom is -0.380 e. The van der Waals surface area contributed by atoms with Crippen LogP contribution in [0.25, 0.3) is 21.3 Å². The first-order chi connectivity index (χ1) is 13.4. The van der Waals surface area contributed by atoms with Crippen LogP contribution in [0.5, 0.6) is 0 Å². The highest BCUT2D eigenvalue weighted by molar-refractivity contribution is 7.22. The Morgan fingerprint density at radius 3 is 2.79 bits per heavy atom. The van der Waals surface area contributed by atoms with Gasteiger partial charge in [-0.1, -0.05) is 17.4 Å². The second-order valence-corrected chi connectivity index (χ2v) is 6.77. The summed E-state index contributed by atoms with van der Waals surface area (Å²) in [5.41, 5.74) is 0.773. The van der Waals surface area contributed by atoms with Gasteiger partial charge in [-0.2, -0.15) is 13.2 Å². The highest BCUT2D eigenvalue weighted by Gasteiger charge is 2.31. The van der Waals surface area contributed by atoms with Crippen LogP contribution in [-0.2, 0) is 10.9 Å². The number of fused-ring (bicyclic) bond motifs is 1. The average molecular weight is 410 g/mol. The molecule has 0 aliphatic carbocycles. The Labute approximate surface area is 162 Å². The zero-order chi connectivity index (χ0) is 20.1. The molecule has 6 nitrogen and oxygen atoms in total. The Kier molecular flexibility index (Phi) is 6.10.